The van der Waals surface area contributed by atoms with Crippen LogP contribution in [-0.4, -0.2) is 58.2 Å². The molecule has 0 radical (unpaired) electrons. The van der Waals surface area contributed by atoms with Gasteiger partial charge in [-0.2, -0.15) is 0 Å². The maximum Gasteiger partial charge on any atom is 0.309 e. The van der Waals surface area contributed by atoms with Crippen LogP contribution in [0.1, 0.15) is 62.5 Å². The summed E-state index contributed by atoms with van der Waals surface area (Å²) in [6.07, 6.45) is 9.52. The molecule has 1 aliphatic heterocycles. The Balaban J connectivity index is 1.02. The van der Waals surface area contributed by atoms with E-state index < -0.39 is 17.2 Å². The summed E-state index contributed by atoms with van der Waals surface area (Å²) >= 11 is 13.9. The number of nitrogens with zero attached hydrogens (tertiary/aromatic N) is 3. The summed E-state index contributed by atoms with van der Waals surface area (Å²) in [7, 11) is 1.56. The van der Waals surface area contributed by atoms with Crippen LogP contribution in [0.25, 0.3) is 22.5 Å². The standard InChI is InChI=1S/C39H42Cl2FN7O4/c1-53-36-24(20-44-21-25-6-8-30(50)47-25)5-7-28(49-36)26-10-17-45-34(32(26)41)27-3-2-4-29(31(27)40)48-35-33(42)23(9-16-46-35)19-43-18-15-38-11-13-39(22-38,14-12-38)37(51)52/h2-5,7,9-10,16-17,25,43-44H,6,8,11-15,18-22H2,1H3,(H,46,48)(H,47,50)(H,51,52)/t25-,38?,39?/m0/s1. The molecule has 7 rings (SSSR count). The number of carboxylic acids is 1. The third-order valence-corrected chi connectivity index (χ3v) is 11.9. The molecule has 0 spiro atoms. The van der Waals surface area contributed by atoms with Gasteiger partial charge in [0.15, 0.2) is 11.6 Å². The summed E-state index contributed by atoms with van der Waals surface area (Å²) in [6.45, 7) is 2.14. The van der Waals surface area contributed by atoms with Crippen LogP contribution >= 0.6 is 23.2 Å². The first-order valence-electron chi connectivity index (χ1n) is 17.9. The molecule has 4 heterocycles. The highest BCUT2D eigenvalue weighted by Gasteiger charge is 2.57. The van der Waals surface area contributed by atoms with Crippen molar-refractivity contribution in [1.29, 1.82) is 0 Å². The molecular formula is C39H42Cl2FN7O4. The Labute approximate surface area is 317 Å². The molecule has 4 aromatic rings. The number of aliphatic carboxylic acids is 1. The summed E-state index contributed by atoms with van der Waals surface area (Å²) in [5, 5.41) is 23.1. The molecule has 3 aromatic heterocycles. The highest BCUT2D eigenvalue weighted by atomic mass is 35.5. The largest absolute Gasteiger partial charge is 0.481 e. The number of ether oxygens (including phenoxy) is 1. The number of hydrogen-bond acceptors (Lipinski definition) is 9. The van der Waals surface area contributed by atoms with Gasteiger partial charge in [-0.15, -0.1) is 0 Å². The summed E-state index contributed by atoms with van der Waals surface area (Å²) in [6, 6.07) is 12.6. The van der Waals surface area contributed by atoms with Gasteiger partial charge < -0.3 is 31.1 Å². The van der Waals surface area contributed by atoms with E-state index in [1.807, 2.05) is 12.1 Å². The van der Waals surface area contributed by atoms with Crippen molar-refractivity contribution in [1.82, 2.24) is 30.9 Å². The van der Waals surface area contributed by atoms with Crippen molar-refractivity contribution in [2.75, 3.05) is 25.5 Å². The maximum absolute atomic E-state index is 15.7. The van der Waals surface area contributed by atoms with Gasteiger partial charge in [0.2, 0.25) is 11.8 Å². The monoisotopic (exact) mass is 761 g/mol. The quantitative estimate of drug-likeness (QED) is 0.0782. The molecule has 2 saturated carbocycles. The van der Waals surface area contributed by atoms with Gasteiger partial charge in [0.25, 0.3) is 0 Å². The highest BCUT2D eigenvalue weighted by Crippen LogP contribution is 2.63. The highest BCUT2D eigenvalue weighted by molar-refractivity contribution is 6.39. The van der Waals surface area contributed by atoms with E-state index in [4.69, 9.17) is 32.9 Å². The Morgan fingerprint density at radius 2 is 1.79 bits per heavy atom. The summed E-state index contributed by atoms with van der Waals surface area (Å²) in [5.74, 6) is -0.596. The van der Waals surface area contributed by atoms with Gasteiger partial charge in [0.1, 0.15) is 0 Å². The molecule has 14 heteroatoms. The number of hydrogen-bond donors (Lipinski definition) is 5. The molecule has 0 unspecified atom stereocenters. The van der Waals surface area contributed by atoms with Crippen LogP contribution in [0.5, 0.6) is 5.88 Å². The molecule has 5 N–H and O–H groups in total. The number of amides is 1. The first-order valence-corrected chi connectivity index (χ1v) is 18.7. The van der Waals surface area contributed by atoms with Crippen molar-refractivity contribution in [2.45, 2.75) is 70.5 Å². The topological polar surface area (TPSA) is 150 Å². The predicted octanol–water partition coefficient (Wildman–Crippen LogP) is 7.29. The fourth-order valence-electron chi connectivity index (χ4n) is 8.15. The van der Waals surface area contributed by atoms with Gasteiger partial charge in [-0.05, 0) is 81.2 Å². The van der Waals surface area contributed by atoms with E-state index >= 15 is 4.39 Å². The second-order valence-corrected chi connectivity index (χ2v) is 15.2. The number of anilines is 2. The van der Waals surface area contributed by atoms with Crippen molar-refractivity contribution in [3.05, 3.63) is 81.8 Å². The molecule has 3 aliphatic rings. The molecular weight excluding hydrogens is 720 g/mol. The van der Waals surface area contributed by atoms with E-state index in [0.717, 1.165) is 50.5 Å². The molecule has 3 fully saturated rings. The normalized spacial score (nSPS) is 21.9. The number of aromatic nitrogens is 3. The van der Waals surface area contributed by atoms with Crippen LogP contribution in [0.3, 0.4) is 0 Å². The number of carbonyl (C=O) groups excluding carboxylic acids is 1. The number of fused-ring (bicyclic) bond motifs is 2. The summed E-state index contributed by atoms with van der Waals surface area (Å²) in [4.78, 5) is 36.9. The van der Waals surface area contributed by atoms with Crippen LogP contribution in [-0.2, 0) is 22.7 Å². The van der Waals surface area contributed by atoms with Crippen LogP contribution < -0.4 is 26.0 Å². The minimum Gasteiger partial charge on any atom is -0.481 e. The second kappa shape index (κ2) is 15.5. The average Bonchev–Trinajstić information content (AvgIpc) is 3.87. The lowest BCUT2D eigenvalue weighted by Crippen LogP contribution is -2.35. The Morgan fingerprint density at radius 3 is 2.53 bits per heavy atom. The molecule has 2 bridgehead atoms. The molecule has 53 heavy (non-hydrogen) atoms. The minimum atomic E-state index is -0.666. The van der Waals surface area contributed by atoms with Gasteiger partial charge in [0, 0.05) is 66.7 Å². The van der Waals surface area contributed by atoms with Crippen molar-refractivity contribution < 1.29 is 23.8 Å². The number of methoxy groups -OCH3 is 1. The Hall–Kier alpha value is -4.36. The van der Waals surface area contributed by atoms with E-state index in [0.29, 0.717) is 82.3 Å². The fourth-order valence-corrected chi connectivity index (χ4v) is 8.73. The summed E-state index contributed by atoms with van der Waals surface area (Å²) < 4.78 is 21.3. The van der Waals surface area contributed by atoms with Gasteiger partial charge in [-0.25, -0.2) is 14.4 Å². The van der Waals surface area contributed by atoms with Gasteiger partial charge in [-0.1, -0.05) is 41.4 Å². The van der Waals surface area contributed by atoms with Crippen LogP contribution in [0.15, 0.2) is 54.9 Å². The fraction of sp³-hybridized carbons (Fsp3) is 0.410. The van der Waals surface area contributed by atoms with Crippen LogP contribution in [0.2, 0.25) is 10.0 Å². The maximum atomic E-state index is 15.7. The van der Waals surface area contributed by atoms with E-state index in [1.54, 1.807) is 49.8 Å². The number of benzene rings is 1. The number of rotatable bonds is 15. The SMILES string of the molecule is COc1nc(-c2ccnc(-c3cccc(Nc4nccc(CNCCC56CCC(C(=O)O)(CC5)C6)c4F)c3Cl)c2Cl)ccc1CNC[C@@H]1CCC(=O)N1. The van der Waals surface area contributed by atoms with Crippen molar-refractivity contribution in [3.63, 3.8) is 0 Å². The predicted molar refractivity (Wildman–Crippen MR) is 202 cm³/mol. The van der Waals surface area contributed by atoms with E-state index in [9.17, 15) is 14.7 Å². The molecule has 1 saturated heterocycles. The Kier molecular flexibility index (Phi) is 10.8. The minimum absolute atomic E-state index is 0.0337. The Morgan fingerprint density at radius 1 is 1.00 bits per heavy atom. The third kappa shape index (κ3) is 7.68. The lowest BCUT2D eigenvalue weighted by molar-refractivity contribution is -0.148. The molecule has 1 atom stereocenters. The van der Waals surface area contributed by atoms with Gasteiger partial charge >= 0.3 is 5.97 Å². The van der Waals surface area contributed by atoms with Crippen molar-refractivity contribution in [3.8, 4) is 28.4 Å². The van der Waals surface area contributed by atoms with E-state index in [-0.39, 0.29) is 23.2 Å². The lowest BCUT2D eigenvalue weighted by Gasteiger charge is -2.26. The number of nitrogens with one attached hydrogen (secondary N) is 4. The lowest BCUT2D eigenvalue weighted by atomic mass is 9.80. The van der Waals surface area contributed by atoms with E-state index in [1.165, 1.54) is 0 Å². The second-order valence-electron chi connectivity index (χ2n) is 14.4. The molecule has 2 aliphatic carbocycles. The van der Waals surface area contributed by atoms with Crippen molar-refractivity contribution in [2.24, 2.45) is 10.8 Å². The van der Waals surface area contributed by atoms with E-state index in [2.05, 4.69) is 31.2 Å². The zero-order valence-corrected chi connectivity index (χ0v) is 30.9. The zero-order chi connectivity index (χ0) is 37.2. The molecule has 1 amide bonds. The molecule has 1 aromatic carbocycles. The molecule has 11 nitrogen and oxygen atoms in total. The number of carboxylic acid groups (broad SMARTS) is 1. The van der Waals surface area contributed by atoms with Crippen LogP contribution in [0.4, 0.5) is 15.9 Å². The average molecular weight is 763 g/mol. The van der Waals surface area contributed by atoms with Gasteiger partial charge in [-0.3, -0.25) is 14.6 Å². The molecule has 278 valence electrons. The first kappa shape index (κ1) is 37.0. The van der Waals surface area contributed by atoms with Gasteiger partial charge in [0.05, 0.1) is 39.6 Å². The Bertz CT molecular complexity index is 2020. The first-order chi connectivity index (χ1) is 25.6. The van der Waals surface area contributed by atoms with Crippen LogP contribution in [0, 0.1) is 16.6 Å². The summed E-state index contributed by atoms with van der Waals surface area (Å²) in [5.41, 5.74) is 3.45. The number of halogens is 3. The van der Waals surface area contributed by atoms with Crippen molar-refractivity contribution >= 4 is 46.6 Å². The smallest absolute Gasteiger partial charge is 0.309 e. The number of carbonyl (C=O) groups is 2. The zero-order valence-electron chi connectivity index (χ0n) is 29.4. The number of pyridine rings is 3. The third-order valence-electron chi connectivity index (χ3n) is 11.1.